The van der Waals surface area contributed by atoms with E-state index in [4.69, 9.17) is 14.8 Å². The Morgan fingerprint density at radius 1 is 0.766 bits per heavy atom. The largest absolute Gasteiger partial charge is 1.00 e. The van der Waals surface area contributed by atoms with Gasteiger partial charge in [0.15, 0.2) is 0 Å². The number of hydrogen-bond acceptors (Lipinski definition) is 8. The van der Waals surface area contributed by atoms with Gasteiger partial charge in [0.05, 0.1) is 11.5 Å². The first kappa shape index (κ1) is 46.7. The summed E-state index contributed by atoms with van der Waals surface area (Å²) in [6.45, 7) is 0.0700. The van der Waals surface area contributed by atoms with Gasteiger partial charge in [0.2, 0.25) is 0 Å². The molecule has 0 saturated carbocycles. The van der Waals surface area contributed by atoms with Crippen LogP contribution in [-0.2, 0) is 24.0 Å². The van der Waals surface area contributed by atoms with E-state index in [9.17, 15) is 22.3 Å². The van der Waals surface area contributed by atoms with Gasteiger partial charge in [-0.05, 0) is 89.1 Å². The Morgan fingerprint density at radius 3 is 1.74 bits per heavy atom. The van der Waals surface area contributed by atoms with Crippen molar-refractivity contribution in [1.82, 2.24) is 0 Å². The van der Waals surface area contributed by atoms with Gasteiger partial charge in [0.25, 0.3) is 16.6 Å². The van der Waals surface area contributed by atoms with Crippen LogP contribution in [0.15, 0.2) is 111 Å². The second-order valence-corrected chi connectivity index (χ2v) is 12.3. The van der Waals surface area contributed by atoms with Gasteiger partial charge in [-0.2, -0.15) is 8.42 Å². The number of aromatic hydroxyl groups is 1. The van der Waals surface area contributed by atoms with Crippen LogP contribution < -0.4 is 113 Å². The predicted molar refractivity (Wildman–Crippen MR) is 175 cm³/mol. The molecule has 0 heterocycles. The van der Waals surface area contributed by atoms with Gasteiger partial charge in [-0.3, -0.25) is 8.98 Å². The van der Waals surface area contributed by atoms with Gasteiger partial charge in [0.1, 0.15) is 31.5 Å². The van der Waals surface area contributed by atoms with E-state index in [0.717, 1.165) is 36.1 Å². The van der Waals surface area contributed by atoms with E-state index in [2.05, 4.69) is 40.9 Å². The molecule has 0 fully saturated rings. The molecule has 242 valence electrons. The van der Waals surface area contributed by atoms with Crippen LogP contribution >= 0.6 is 31.9 Å². The Kier molecular flexibility index (Phi) is 25.4. The van der Waals surface area contributed by atoms with Crippen molar-refractivity contribution in [3.8, 4) is 11.5 Å². The van der Waals surface area contributed by atoms with Crippen LogP contribution in [0.2, 0.25) is 0 Å². The van der Waals surface area contributed by atoms with Crippen molar-refractivity contribution in [3.05, 3.63) is 112 Å². The fraction of sp³-hybridized carbons (Fsp3) is 0.156. The number of aryl methyl sites for hydroxylation is 1. The van der Waals surface area contributed by atoms with Gasteiger partial charge in [-0.15, -0.1) is 0 Å². The molecule has 0 saturated heterocycles. The summed E-state index contributed by atoms with van der Waals surface area (Å²) in [7, 11) is -3.78. The third-order valence-electron chi connectivity index (χ3n) is 5.57. The first-order valence-corrected chi connectivity index (χ1v) is 16.0. The minimum atomic E-state index is -3.78. The van der Waals surface area contributed by atoms with E-state index in [1.807, 2.05) is 67.6 Å². The third kappa shape index (κ3) is 17.9. The van der Waals surface area contributed by atoms with Crippen molar-refractivity contribution < 1.29 is 150 Å². The topological polar surface area (TPSA) is 122 Å². The Balaban J connectivity index is 0. The van der Waals surface area contributed by atoms with Crippen molar-refractivity contribution >= 4 is 70.0 Å². The fourth-order valence-corrected chi connectivity index (χ4v) is 5.20. The normalized spacial score (nSPS) is 9.91. The Hall–Kier alpha value is -0.347. The van der Waals surface area contributed by atoms with Crippen LogP contribution in [0.4, 0.5) is 8.78 Å². The summed E-state index contributed by atoms with van der Waals surface area (Å²) in [5.74, 6) is 1.02. The maximum atomic E-state index is 11.9. The summed E-state index contributed by atoms with van der Waals surface area (Å²) in [5, 5.41) is 22.0. The molecule has 0 aliphatic heterocycles. The molecule has 0 unspecified atom stereocenters. The van der Waals surface area contributed by atoms with Crippen LogP contribution in [0.25, 0.3) is 21.5 Å². The monoisotopic (exact) mass is 848 g/mol. The average Bonchev–Trinajstić information content (AvgIpc) is 3.04. The van der Waals surface area contributed by atoms with Crippen molar-refractivity contribution in [1.29, 1.82) is 0 Å². The molecule has 0 radical (unpaired) electrons. The smallest absolute Gasteiger partial charge is 1.00 e. The molecule has 0 aromatic heterocycles. The molecule has 5 rings (SSSR count). The second kappa shape index (κ2) is 25.6. The molecule has 0 amide bonds. The molecule has 0 bridgehead atoms. The van der Waals surface area contributed by atoms with Gasteiger partial charge in [0, 0.05) is 8.95 Å². The van der Waals surface area contributed by atoms with Gasteiger partial charge in [-0.25, -0.2) is 8.78 Å². The maximum absolute atomic E-state index is 11.9. The van der Waals surface area contributed by atoms with E-state index in [1.54, 1.807) is 24.3 Å². The summed E-state index contributed by atoms with van der Waals surface area (Å²) in [6.07, 6.45) is 0. The molecular weight excluding hydrogens is 820 g/mol. The molecule has 0 aliphatic rings. The zero-order valence-corrected chi connectivity index (χ0v) is 36.1. The number of carbonyl (C=O) groups excluding carboxylic acids is 1. The SMILES string of the molecule is Cc1ccc(S(=O)(=O)OCCF)cc1.FCCOc1ccc2cc(Br)ccc2c1.O=CO[O-].Oc1ccc2cc(Br)ccc2c1.[H-].[K+].[K+]. The van der Waals surface area contributed by atoms with Crippen LogP contribution in [-0.4, -0.2) is 46.6 Å². The van der Waals surface area contributed by atoms with E-state index in [-0.39, 0.29) is 122 Å². The Labute approximate surface area is 375 Å². The number of alkyl halides is 2. The number of halogens is 4. The molecule has 47 heavy (non-hydrogen) atoms. The molecule has 0 spiro atoms. The van der Waals surface area contributed by atoms with Crippen LogP contribution in [0.5, 0.6) is 11.5 Å². The minimum absolute atomic E-state index is 0. The van der Waals surface area contributed by atoms with Crippen LogP contribution in [0.1, 0.15) is 6.99 Å². The standard InChI is InChI=1S/C12H10BrFO.C10H7BrO.C9H11FO3S.CH2O3.2K.H/c13-11-3-1-10-8-12(15-6-5-14)4-2-9(10)7-11;11-9-3-1-8-6-10(12)4-2-7(8)5-9;1-8-2-4-9(5-3-8)14(11,12)13-7-6-10;2-1-4-3;;;/h1-4,7-8H,5-6H2;1-6,12H;2-5H,6-7H2,1H3;1,3H;;;/q;;;;2*+1;-1/p-1. The quantitative estimate of drug-likeness (QED) is 0.0821. The second-order valence-electron chi connectivity index (χ2n) is 8.84. The summed E-state index contributed by atoms with van der Waals surface area (Å²) < 4.78 is 58.0. The number of rotatable bonds is 8. The van der Waals surface area contributed by atoms with Crippen LogP contribution in [0, 0.1) is 6.92 Å². The van der Waals surface area contributed by atoms with Crippen molar-refractivity contribution in [2.24, 2.45) is 0 Å². The number of phenolic OH excluding ortho intramolecular Hbond substituents is 1. The molecule has 5 aromatic carbocycles. The zero-order valence-electron chi connectivity index (χ0n) is 26.9. The summed E-state index contributed by atoms with van der Waals surface area (Å²) in [6, 6.07) is 29.2. The van der Waals surface area contributed by atoms with Crippen molar-refractivity contribution in [2.45, 2.75) is 11.8 Å². The predicted octanol–water partition coefficient (Wildman–Crippen LogP) is 1.48. The summed E-state index contributed by atoms with van der Waals surface area (Å²) in [5.41, 5.74) is 0.953. The number of phenols is 1. The molecule has 0 atom stereocenters. The van der Waals surface area contributed by atoms with E-state index >= 15 is 0 Å². The van der Waals surface area contributed by atoms with E-state index < -0.39 is 30.1 Å². The molecule has 15 heteroatoms. The molecule has 0 aliphatic carbocycles. The number of fused-ring (bicyclic) bond motifs is 2. The number of benzene rings is 5. The van der Waals surface area contributed by atoms with Gasteiger partial charge >= 0.3 is 103 Å². The maximum Gasteiger partial charge on any atom is 1.00 e. The summed E-state index contributed by atoms with van der Waals surface area (Å²) >= 11 is 6.80. The Morgan fingerprint density at radius 2 is 1.23 bits per heavy atom. The molecular formula is C32H30Br2F2K2O8S. The first-order valence-electron chi connectivity index (χ1n) is 13.0. The molecule has 8 nitrogen and oxygen atoms in total. The van der Waals surface area contributed by atoms with Crippen LogP contribution in [0.3, 0.4) is 0 Å². The third-order valence-corrected chi connectivity index (χ3v) is 7.88. The molecule has 1 N–H and O–H groups in total. The molecule has 5 aromatic rings. The van der Waals surface area contributed by atoms with E-state index in [0.29, 0.717) is 11.5 Å². The van der Waals surface area contributed by atoms with Crippen molar-refractivity contribution in [3.63, 3.8) is 0 Å². The van der Waals surface area contributed by atoms with E-state index in [1.165, 1.54) is 12.1 Å². The number of ether oxygens (including phenoxy) is 1. The first-order chi connectivity index (χ1) is 21.5. The number of carbonyl (C=O) groups is 1. The summed E-state index contributed by atoms with van der Waals surface area (Å²) in [4.78, 5) is 11.3. The average molecular weight is 851 g/mol. The minimum Gasteiger partial charge on any atom is -1.00 e. The number of hydrogen-bond donors (Lipinski definition) is 1. The van der Waals surface area contributed by atoms with Crippen molar-refractivity contribution in [2.75, 3.05) is 26.6 Å². The van der Waals surface area contributed by atoms with Gasteiger partial charge in [-0.1, -0.05) is 73.8 Å². The fourth-order valence-electron chi connectivity index (χ4n) is 3.56. The Bertz CT molecular complexity index is 1730. The van der Waals surface area contributed by atoms with Gasteiger partial charge < -0.3 is 21.4 Å². The zero-order chi connectivity index (χ0) is 33.2.